The summed E-state index contributed by atoms with van der Waals surface area (Å²) < 4.78 is 0. The summed E-state index contributed by atoms with van der Waals surface area (Å²) in [6.45, 7) is 4.27. The summed E-state index contributed by atoms with van der Waals surface area (Å²) in [5, 5.41) is 3.54. The molecule has 2 rings (SSSR count). The summed E-state index contributed by atoms with van der Waals surface area (Å²) in [4.78, 5) is 8.55. The second-order valence-electron chi connectivity index (χ2n) is 5.23. The van der Waals surface area contributed by atoms with Crippen LogP contribution in [0, 0.1) is 12.8 Å². The highest BCUT2D eigenvalue weighted by atomic mass is 15.3. The molecule has 0 saturated heterocycles. The Hall–Kier alpha value is -1.36. The van der Waals surface area contributed by atoms with E-state index in [1.54, 1.807) is 0 Å². The van der Waals surface area contributed by atoms with Crippen LogP contribution in [0.4, 0.5) is 11.8 Å². The Balaban J connectivity index is 2.09. The molecule has 5 heteroatoms. The molecule has 0 amide bonds. The molecule has 0 bridgehead atoms. The van der Waals surface area contributed by atoms with Gasteiger partial charge in [0.15, 0.2) is 0 Å². The number of nitrogen functional groups attached to an aromatic ring is 1. The zero-order chi connectivity index (χ0) is 13.0. The molecule has 100 valence electrons. The van der Waals surface area contributed by atoms with Crippen molar-refractivity contribution in [3.8, 4) is 0 Å². The highest BCUT2D eigenvalue weighted by Gasteiger charge is 2.20. The number of nitrogens with two attached hydrogens (primary N) is 1. The quantitative estimate of drug-likeness (QED) is 0.436. The van der Waals surface area contributed by atoms with E-state index >= 15 is 0 Å². The smallest absolute Gasteiger partial charge is 0.239 e. The zero-order valence-corrected chi connectivity index (χ0v) is 11.2. The van der Waals surface area contributed by atoms with Gasteiger partial charge >= 0.3 is 0 Å². The zero-order valence-electron chi connectivity index (χ0n) is 11.2. The summed E-state index contributed by atoms with van der Waals surface area (Å²) in [5.41, 5.74) is 3.43. The number of aromatic nitrogens is 2. The number of hydrogen-bond donors (Lipinski definition) is 3. The highest BCUT2D eigenvalue weighted by Crippen LogP contribution is 2.25. The molecule has 1 aliphatic rings. The number of rotatable bonds is 3. The normalized spacial score (nSPS) is 24.4. The van der Waals surface area contributed by atoms with Crippen LogP contribution in [0.15, 0.2) is 6.07 Å². The summed E-state index contributed by atoms with van der Waals surface area (Å²) >= 11 is 0. The van der Waals surface area contributed by atoms with Gasteiger partial charge in [0.2, 0.25) is 5.95 Å². The lowest BCUT2D eigenvalue weighted by molar-refractivity contribution is 0.455. The van der Waals surface area contributed by atoms with Crippen molar-refractivity contribution in [2.75, 3.05) is 10.7 Å². The van der Waals surface area contributed by atoms with Crippen molar-refractivity contribution >= 4 is 11.8 Å². The average molecular weight is 249 g/mol. The maximum atomic E-state index is 5.37. The second kappa shape index (κ2) is 6.00. The molecule has 0 spiro atoms. The fourth-order valence-electron chi connectivity index (χ4n) is 2.60. The number of nitrogens with one attached hydrogen (secondary N) is 2. The van der Waals surface area contributed by atoms with Crippen molar-refractivity contribution in [1.29, 1.82) is 0 Å². The van der Waals surface area contributed by atoms with E-state index in [2.05, 4.69) is 27.6 Å². The first kappa shape index (κ1) is 13.1. The van der Waals surface area contributed by atoms with Gasteiger partial charge in [0, 0.05) is 17.8 Å². The van der Waals surface area contributed by atoms with Gasteiger partial charge in [-0.25, -0.2) is 10.8 Å². The molecule has 1 saturated carbocycles. The first-order valence-corrected chi connectivity index (χ1v) is 6.78. The molecule has 0 radical (unpaired) electrons. The first-order chi connectivity index (χ1) is 8.69. The van der Waals surface area contributed by atoms with E-state index in [0.717, 1.165) is 11.5 Å². The standard InChI is InChI=1S/C13H23N5/c1-9-6-4-3-5-7-11(9)16-12-8-10(2)15-13(17-12)18-14/h8-9,11H,3-7,14H2,1-2H3,(H2,15,16,17,18). The van der Waals surface area contributed by atoms with E-state index in [0.29, 0.717) is 17.9 Å². The van der Waals surface area contributed by atoms with E-state index in [-0.39, 0.29) is 0 Å². The summed E-state index contributed by atoms with van der Waals surface area (Å²) in [6.07, 6.45) is 6.51. The Morgan fingerprint density at radius 3 is 2.78 bits per heavy atom. The summed E-state index contributed by atoms with van der Waals surface area (Å²) in [6, 6.07) is 2.48. The Kier molecular flexibility index (Phi) is 4.36. The number of hydrazine groups is 1. The Bertz CT molecular complexity index is 393. The number of hydrogen-bond acceptors (Lipinski definition) is 5. The molecule has 2 unspecified atom stereocenters. The first-order valence-electron chi connectivity index (χ1n) is 6.78. The van der Waals surface area contributed by atoms with Crippen LogP contribution in [0.5, 0.6) is 0 Å². The number of aryl methyl sites for hydroxylation is 1. The van der Waals surface area contributed by atoms with Gasteiger partial charge in [0.25, 0.3) is 0 Å². The third-order valence-electron chi connectivity index (χ3n) is 3.68. The Labute approximate surface area is 109 Å². The van der Waals surface area contributed by atoms with Crippen LogP contribution in [0.25, 0.3) is 0 Å². The van der Waals surface area contributed by atoms with Crippen LogP contribution in [-0.2, 0) is 0 Å². The molecule has 1 aromatic heterocycles. The van der Waals surface area contributed by atoms with E-state index in [1.165, 1.54) is 32.1 Å². The van der Waals surface area contributed by atoms with Crippen LogP contribution in [-0.4, -0.2) is 16.0 Å². The molecule has 1 fully saturated rings. The molecule has 1 heterocycles. The van der Waals surface area contributed by atoms with Gasteiger partial charge in [0.1, 0.15) is 5.82 Å². The minimum Gasteiger partial charge on any atom is -0.367 e. The monoisotopic (exact) mass is 249 g/mol. The molecule has 1 aliphatic carbocycles. The molecular weight excluding hydrogens is 226 g/mol. The van der Waals surface area contributed by atoms with Gasteiger partial charge in [-0.1, -0.05) is 26.2 Å². The van der Waals surface area contributed by atoms with Gasteiger partial charge in [-0.3, -0.25) is 5.43 Å². The van der Waals surface area contributed by atoms with Gasteiger partial charge in [-0.05, 0) is 25.7 Å². The fourth-order valence-corrected chi connectivity index (χ4v) is 2.60. The van der Waals surface area contributed by atoms with Crippen molar-refractivity contribution < 1.29 is 0 Å². The molecular formula is C13H23N5. The molecule has 18 heavy (non-hydrogen) atoms. The molecule has 0 aliphatic heterocycles. The lowest BCUT2D eigenvalue weighted by Crippen LogP contribution is -2.27. The minimum absolute atomic E-state index is 0.471. The van der Waals surface area contributed by atoms with E-state index in [4.69, 9.17) is 5.84 Å². The van der Waals surface area contributed by atoms with E-state index in [1.807, 2.05) is 13.0 Å². The molecule has 0 aromatic carbocycles. The maximum Gasteiger partial charge on any atom is 0.239 e. The Morgan fingerprint density at radius 1 is 1.22 bits per heavy atom. The van der Waals surface area contributed by atoms with Gasteiger partial charge in [0.05, 0.1) is 0 Å². The van der Waals surface area contributed by atoms with E-state index in [9.17, 15) is 0 Å². The van der Waals surface area contributed by atoms with Crippen molar-refractivity contribution in [1.82, 2.24) is 9.97 Å². The molecule has 2 atom stereocenters. The van der Waals surface area contributed by atoms with Crippen LogP contribution in [0.2, 0.25) is 0 Å². The SMILES string of the molecule is Cc1cc(NC2CCCCCC2C)nc(NN)n1. The second-order valence-corrected chi connectivity index (χ2v) is 5.23. The lowest BCUT2D eigenvalue weighted by Gasteiger charge is -2.23. The van der Waals surface area contributed by atoms with Crippen molar-refractivity contribution in [2.45, 2.75) is 52.0 Å². The van der Waals surface area contributed by atoms with Crippen LogP contribution >= 0.6 is 0 Å². The molecule has 4 N–H and O–H groups in total. The topological polar surface area (TPSA) is 75.9 Å². The fraction of sp³-hybridized carbons (Fsp3) is 0.692. The van der Waals surface area contributed by atoms with Gasteiger partial charge < -0.3 is 5.32 Å². The summed E-state index contributed by atoms with van der Waals surface area (Å²) in [7, 11) is 0. The van der Waals surface area contributed by atoms with E-state index < -0.39 is 0 Å². The number of nitrogens with zero attached hydrogens (tertiary/aromatic N) is 2. The maximum absolute atomic E-state index is 5.37. The van der Waals surface area contributed by atoms with Crippen LogP contribution < -0.4 is 16.6 Å². The lowest BCUT2D eigenvalue weighted by atomic mass is 9.97. The van der Waals surface area contributed by atoms with Crippen LogP contribution in [0.1, 0.15) is 44.7 Å². The summed E-state index contributed by atoms with van der Waals surface area (Å²) in [5.74, 6) is 7.40. The predicted molar refractivity (Wildman–Crippen MR) is 74.2 cm³/mol. The molecule has 5 nitrogen and oxygen atoms in total. The molecule has 1 aromatic rings. The minimum atomic E-state index is 0.471. The van der Waals surface area contributed by atoms with Crippen LogP contribution in [0.3, 0.4) is 0 Å². The Morgan fingerprint density at radius 2 is 2.00 bits per heavy atom. The van der Waals surface area contributed by atoms with Gasteiger partial charge in [-0.15, -0.1) is 0 Å². The number of anilines is 2. The highest BCUT2D eigenvalue weighted by molar-refractivity contribution is 5.42. The van der Waals surface area contributed by atoms with Gasteiger partial charge in [-0.2, -0.15) is 4.98 Å². The average Bonchev–Trinajstić information content (AvgIpc) is 2.54. The largest absolute Gasteiger partial charge is 0.367 e. The van der Waals surface area contributed by atoms with Crippen molar-refractivity contribution in [2.24, 2.45) is 11.8 Å². The third-order valence-corrected chi connectivity index (χ3v) is 3.68. The van der Waals surface area contributed by atoms with Crippen molar-refractivity contribution in [3.05, 3.63) is 11.8 Å². The predicted octanol–water partition coefficient (Wildman–Crippen LogP) is 2.45. The van der Waals surface area contributed by atoms with Crippen molar-refractivity contribution in [3.63, 3.8) is 0 Å². The third kappa shape index (κ3) is 3.32.